The van der Waals surface area contributed by atoms with E-state index in [0.717, 1.165) is 18.7 Å². The molecule has 6 heteroatoms. The Morgan fingerprint density at radius 2 is 2.00 bits per heavy atom. The lowest BCUT2D eigenvalue weighted by Crippen LogP contribution is -2.40. The maximum atomic E-state index is 12.7. The van der Waals surface area contributed by atoms with Gasteiger partial charge in [0.15, 0.2) is 11.5 Å². The molecule has 0 spiro atoms. The molecule has 1 aromatic carbocycles. The summed E-state index contributed by atoms with van der Waals surface area (Å²) in [5.41, 5.74) is 3.67. The zero-order chi connectivity index (χ0) is 20.2. The summed E-state index contributed by atoms with van der Waals surface area (Å²) in [7, 11) is 0. The van der Waals surface area contributed by atoms with Gasteiger partial charge in [0.25, 0.3) is 5.91 Å². The summed E-state index contributed by atoms with van der Waals surface area (Å²) in [6.07, 6.45) is 3.73. The molecule has 1 aliphatic rings. The van der Waals surface area contributed by atoms with Crippen LogP contribution in [-0.4, -0.2) is 35.6 Å². The first kappa shape index (κ1) is 19.9. The topological polar surface area (TPSA) is 58.4 Å². The minimum atomic E-state index is -0.192. The molecule has 1 fully saturated rings. The van der Waals surface area contributed by atoms with Gasteiger partial charge < -0.3 is 9.84 Å². The number of likely N-dealkylation sites (tertiary alicyclic amines) is 1. The van der Waals surface area contributed by atoms with Gasteiger partial charge in [-0.15, -0.1) is 11.3 Å². The Morgan fingerprint density at radius 3 is 2.72 bits per heavy atom. The van der Waals surface area contributed by atoms with Crippen molar-refractivity contribution >= 4 is 17.2 Å². The molecule has 1 atom stereocenters. The van der Waals surface area contributed by atoms with Crippen LogP contribution in [-0.2, 0) is 0 Å². The molecule has 0 bridgehead atoms. The highest BCUT2D eigenvalue weighted by Gasteiger charge is 2.24. The summed E-state index contributed by atoms with van der Waals surface area (Å²) in [5, 5.41) is 9.17. The summed E-state index contributed by atoms with van der Waals surface area (Å²) >= 11 is 1.75. The molecule has 0 saturated carbocycles. The molecular formula is C23H27N3O2S. The predicted octanol–water partition coefficient (Wildman–Crippen LogP) is 4.98. The summed E-state index contributed by atoms with van der Waals surface area (Å²) in [4.78, 5) is 16.5. The lowest BCUT2D eigenvalue weighted by Gasteiger charge is -2.34. The number of rotatable bonds is 6. The van der Waals surface area contributed by atoms with Gasteiger partial charge in [-0.3, -0.25) is 9.69 Å². The second kappa shape index (κ2) is 8.93. The van der Waals surface area contributed by atoms with E-state index in [9.17, 15) is 4.79 Å². The molecule has 1 amide bonds. The normalized spacial score (nSPS) is 15.9. The number of thiophene rings is 1. The van der Waals surface area contributed by atoms with E-state index < -0.39 is 0 Å². The van der Waals surface area contributed by atoms with E-state index in [-0.39, 0.29) is 11.9 Å². The minimum absolute atomic E-state index is 0.192. The van der Waals surface area contributed by atoms with Crippen molar-refractivity contribution in [2.24, 2.45) is 0 Å². The molecule has 1 saturated heterocycles. The van der Waals surface area contributed by atoms with E-state index in [2.05, 4.69) is 58.9 Å². The summed E-state index contributed by atoms with van der Waals surface area (Å²) < 4.78 is 5.44. The Labute approximate surface area is 175 Å². The number of nitrogens with one attached hydrogen (secondary N) is 1. The fourth-order valence-corrected chi connectivity index (χ4v) is 4.67. The van der Waals surface area contributed by atoms with Crippen molar-refractivity contribution in [1.82, 2.24) is 15.4 Å². The van der Waals surface area contributed by atoms with Crippen molar-refractivity contribution in [3.8, 4) is 11.3 Å². The quantitative estimate of drug-likeness (QED) is 0.624. The molecule has 1 N–H and O–H groups in total. The largest absolute Gasteiger partial charge is 0.355 e. The van der Waals surface area contributed by atoms with Gasteiger partial charge in [0.2, 0.25) is 0 Å². The van der Waals surface area contributed by atoms with Crippen molar-refractivity contribution in [2.45, 2.75) is 39.2 Å². The SMILES string of the molecule is Cc1ccc(-c2cc(C(=O)NC[C@@H](c3cccs3)N3CCCCC3)no2)cc1C. The Bertz CT molecular complexity index is 958. The van der Waals surface area contributed by atoms with Gasteiger partial charge in [0.1, 0.15) is 0 Å². The third kappa shape index (κ3) is 4.60. The monoisotopic (exact) mass is 409 g/mol. The summed E-state index contributed by atoms with van der Waals surface area (Å²) in [5.74, 6) is 0.423. The van der Waals surface area contributed by atoms with Crippen molar-refractivity contribution < 1.29 is 9.32 Å². The van der Waals surface area contributed by atoms with E-state index in [1.165, 1.54) is 35.3 Å². The van der Waals surface area contributed by atoms with E-state index >= 15 is 0 Å². The molecule has 0 aliphatic carbocycles. The van der Waals surface area contributed by atoms with Gasteiger partial charge in [-0.1, -0.05) is 29.8 Å². The number of nitrogens with zero attached hydrogens (tertiary/aromatic N) is 2. The number of piperidine rings is 1. The number of aromatic nitrogens is 1. The number of aryl methyl sites for hydroxylation is 2. The maximum absolute atomic E-state index is 12.7. The van der Waals surface area contributed by atoms with Crippen molar-refractivity contribution in [3.63, 3.8) is 0 Å². The van der Waals surface area contributed by atoms with E-state index in [1.54, 1.807) is 17.4 Å². The smallest absolute Gasteiger partial charge is 0.273 e. The molecule has 3 aromatic rings. The first-order valence-electron chi connectivity index (χ1n) is 10.2. The molecule has 5 nitrogen and oxygen atoms in total. The second-order valence-electron chi connectivity index (χ2n) is 7.71. The van der Waals surface area contributed by atoms with Gasteiger partial charge in [-0.25, -0.2) is 0 Å². The highest BCUT2D eigenvalue weighted by Crippen LogP contribution is 2.28. The molecule has 2 aromatic heterocycles. The minimum Gasteiger partial charge on any atom is -0.355 e. The fraction of sp³-hybridized carbons (Fsp3) is 0.391. The Hall–Kier alpha value is -2.44. The van der Waals surface area contributed by atoms with Crippen molar-refractivity contribution in [1.29, 1.82) is 0 Å². The van der Waals surface area contributed by atoms with Crippen LogP contribution < -0.4 is 5.32 Å². The van der Waals surface area contributed by atoms with Crippen LogP contribution in [0.3, 0.4) is 0 Å². The van der Waals surface area contributed by atoms with Crippen LogP contribution in [0.4, 0.5) is 0 Å². The van der Waals surface area contributed by atoms with Crippen LogP contribution in [0.2, 0.25) is 0 Å². The lowest BCUT2D eigenvalue weighted by molar-refractivity contribution is 0.0917. The van der Waals surface area contributed by atoms with Gasteiger partial charge >= 0.3 is 0 Å². The van der Waals surface area contributed by atoms with Crippen molar-refractivity contribution in [2.75, 3.05) is 19.6 Å². The highest BCUT2D eigenvalue weighted by atomic mass is 32.1. The van der Waals surface area contributed by atoms with Crippen LogP contribution in [0.1, 0.15) is 51.8 Å². The van der Waals surface area contributed by atoms with Crippen LogP contribution >= 0.6 is 11.3 Å². The standard InChI is InChI=1S/C23H27N3O2S/c1-16-8-9-18(13-17(16)2)21-14-19(25-28-21)23(27)24-15-20(22-7-6-12-29-22)26-10-4-3-5-11-26/h6-9,12-14,20H,3-5,10-11,15H2,1-2H3,(H,24,27)/t20-/m0/s1. The zero-order valence-electron chi connectivity index (χ0n) is 17.0. The average Bonchev–Trinajstić information content (AvgIpc) is 3.43. The third-order valence-corrected chi connectivity index (χ3v) is 6.67. The van der Waals surface area contributed by atoms with E-state index in [1.807, 2.05) is 6.07 Å². The first-order chi connectivity index (χ1) is 14.1. The molecule has 0 unspecified atom stereocenters. The first-order valence-corrected chi connectivity index (χ1v) is 11.1. The number of carbonyl (C=O) groups excluding carboxylic acids is 1. The van der Waals surface area contributed by atoms with Crippen LogP contribution in [0, 0.1) is 13.8 Å². The molecular weight excluding hydrogens is 382 g/mol. The molecule has 3 heterocycles. The predicted molar refractivity (Wildman–Crippen MR) is 116 cm³/mol. The van der Waals surface area contributed by atoms with Gasteiger partial charge in [-0.2, -0.15) is 0 Å². The number of carbonyl (C=O) groups is 1. The number of hydrogen-bond donors (Lipinski definition) is 1. The Morgan fingerprint density at radius 1 is 1.17 bits per heavy atom. The van der Waals surface area contributed by atoms with Crippen molar-refractivity contribution in [3.05, 3.63) is 63.5 Å². The van der Waals surface area contributed by atoms with Gasteiger partial charge in [-0.05, 0) is 68.4 Å². The summed E-state index contributed by atoms with van der Waals surface area (Å²) in [6.45, 7) is 6.88. The third-order valence-electron chi connectivity index (χ3n) is 5.69. The maximum Gasteiger partial charge on any atom is 0.273 e. The number of amides is 1. The molecule has 4 rings (SSSR count). The molecule has 0 radical (unpaired) electrons. The molecule has 29 heavy (non-hydrogen) atoms. The van der Waals surface area contributed by atoms with Gasteiger partial charge in [0.05, 0.1) is 6.04 Å². The average molecular weight is 410 g/mol. The fourth-order valence-electron chi connectivity index (χ4n) is 3.81. The van der Waals surface area contributed by atoms with E-state index in [0.29, 0.717) is 18.0 Å². The Kier molecular flexibility index (Phi) is 6.11. The van der Waals surface area contributed by atoms with Crippen LogP contribution in [0.5, 0.6) is 0 Å². The molecule has 152 valence electrons. The summed E-state index contributed by atoms with van der Waals surface area (Å²) in [6, 6.07) is 12.3. The van der Waals surface area contributed by atoms with Gasteiger partial charge in [0, 0.05) is 23.1 Å². The van der Waals surface area contributed by atoms with E-state index in [4.69, 9.17) is 4.52 Å². The number of benzene rings is 1. The molecule has 1 aliphatic heterocycles. The number of hydrogen-bond acceptors (Lipinski definition) is 5. The van der Waals surface area contributed by atoms with Crippen LogP contribution in [0.15, 0.2) is 46.3 Å². The highest BCUT2D eigenvalue weighted by molar-refractivity contribution is 7.10. The van der Waals surface area contributed by atoms with Crippen LogP contribution in [0.25, 0.3) is 11.3 Å². The lowest BCUT2D eigenvalue weighted by atomic mass is 10.0. The second-order valence-corrected chi connectivity index (χ2v) is 8.69. The zero-order valence-corrected chi connectivity index (χ0v) is 17.8. The Balaban J connectivity index is 1.44.